The van der Waals surface area contributed by atoms with Crippen LogP contribution < -0.4 is 0 Å². The minimum absolute atomic E-state index is 0.00332. The maximum Gasteiger partial charge on any atom is 0.305 e. The zero-order valence-electron chi connectivity index (χ0n) is 22.4. The predicted molar refractivity (Wildman–Crippen MR) is 132 cm³/mol. The molecule has 0 saturated heterocycles. The lowest BCUT2D eigenvalue weighted by Gasteiger charge is -2.61. The summed E-state index contributed by atoms with van der Waals surface area (Å²) in [5, 5.41) is 0. The van der Waals surface area contributed by atoms with Crippen LogP contribution in [0.5, 0.6) is 0 Å². The number of rotatable bonds is 6. The number of hydrogen-bond acceptors (Lipinski definition) is 6. The highest BCUT2D eigenvalue weighted by Crippen LogP contribution is 2.67. The highest BCUT2D eigenvalue weighted by molar-refractivity contribution is 5.69. The topological polar surface area (TPSA) is 78.9 Å². The third kappa shape index (κ3) is 4.67. The van der Waals surface area contributed by atoms with Crippen LogP contribution in [0.3, 0.4) is 0 Å². The van der Waals surface area contributed by atoms with Crippen molar-refractivity contribution in [2.75, 3.05) is 7.11 Å². The lowest BCUT2D eigenvalue weighted by atomic mass is 9.45. The first-order valence-electron chi connectivity index (χ1n) is 13.6. The molecule has 0 amide bonds. The summed E-state index contributed by atoms with van der Waals surface area (Å²) >= 11 is 0. The molecule has 0 bridgehead atoms. The Balaban J connectivity index is 1.61. The largest absolute Gasteiger partial charge is 0.469 e. The molecule has 0 aromatic rings. The van der Waals surface area contributed by atoms with Crippen molar-refractivity contribution in [3.05, 3.63) is 12.2 Å². The number of fused-ring (bicyclic) bond motifs is 5. The van der Waals surface area contributed by atoms with Crippen LogP contribution in [0.4, 0.5) is 0 Å². The van der Waals surface area contributed by atoms with Crippen molar-refractivity contribution in [2.24, 2.45) is 46.3 Å². The molecular weight excluding hydrogens is 444 g/mol. The van der Waals surface area contributed by atoms with E-state index in [1.165, 1.54) is 21.0 Å². The molecule has 4 aliphatic carbocycles. The second-order valence-electron chi connectivity index (χ2n) is 12.3. The van der Waals surface area contributed by atoms with Gasteiger partial charge in [-0.25, -0.2) is 0 Å². The van der Waals surface area contributed by atoms with Crippen LogP contribution in [0.25, 0.3) is 0 Å². The fourth-order valence-electron chi connectivity index (χ4n) is 8.85. The molecule has 4 aliphatic rings. The van der Waals surface area contributed by atoms with Gasteiger partial charge >= 0.3 is 17.9 Å². The van der Waals surface area contributed by atoms with E-state index in [1.807, 2.05) is 0 Å². The average molecular weight is 489 g/mol. The number of methoxy groups -OCH3 is 1. The standard InChI is InChI=1S/C29H44O6/c1-17(7-12-27(32)33-6)23-10-11-24-22-9-8-20-15-21(34-18(2)30)13-14-28(20,4)25(22)16-26(29(23,24)5)35-19(3)31/h8-9,17,20-26H,7,10-16H2,1-6H3/t17-,20+,21+,22+,23+,24+,25-,26-,28-,29+/m0/s1. The Hall–Kier alpha value is -1.85. The van der Waals surface area contributed by atoms with Gasteiger partial charge in [0, 0.05) is 25.7 Å². The summed E-state index contributed by atoms with van der Waals surface area (Å²) in [5.74, 6) is 1.95. The van der Waals surface area contributed by atoms with E-state index in [0.29, 0.717) is 41.9 Å². The number of esters is 3. The monoisotopic (exact) mass is 488 g/mol. The zero-order valence-corrected chi connectivity index (χ0v) is 22.4. The van der Waals surface area contributed by atoms with Crippen LogP contribution >= 0.6 is 0 Å². The summed E-state index contributed by atoms with van der Waals surface area (Å²) < 4.78 is 16.6. The molecule has 35 heavy (non-hydrogen) atoms. The molecule has 0 heterocycles. The fraction of sp³-hybridized carbons (Fsp3) is 0.828. The molecule has 6 nitrogen and oxygen atoms in total. The van der Waals surface area contributed by atoms with Gasteiger partial charge in [0.05, 0.1) is 7.11 Å². The minimum atomic E-state index is -0.201. The second-order valence-corrected chi connectivity index (χ2v) is 12.3. The third-order valence-corrected chi connectivity index (χ3v) is 10.6. The van der Waals surface area contributed by atoms with Gasteiger partial charge in [0.25, 0.3) is 0 Å². The number of allylic oxidation sites excluding steroid dienone is 2. The average Bonchev–Trinajstić information content (AvgIpc) is 3.16. The highest BCUT2D eigenvalue weighted by Gasteiger charge is 2.64. The Morgan fingerprint density at radius 1 is 0.971 bits per heavy atom. The summed E-state index contributed by atoms with van der Waals surface area (Å²) in [4.78, 5) is 35.7. The van der Waals surface area contributed by atoms with Crippen molar-refractivity contribution in [1.29, 1.82) is 0 Å². The SMILES string of the molecule is COC(=O)CC[C@H](C)[C@H]1CC[C@@H]2[C@H]3C=C[C@@H]4C[C@H](OC(C)=O)CC[C@]4(C)[C@H]3C[C@H](OC(C)=O)[C@@]21C. The third-order valence-electron chi connectivity index (χ3n) is 10.6. The Bertz CT molecular complexity index is 865. The number of carbonyl (C=O) groups is 3. The molecule has 0 aromatic heterocycles. The van der Waals surface area contributed by atoms with Gasteiger partial charge in [-0.15, -0.1) is 0 Å². The van der Waals surface area contributed by atoms with Gasteiger partial charge in [-0.3, -0.25) is 14.4 Å². The molecule has 10 atom stereocenters. The van der Waals surface area contributed by atoms with Gasteiger partial charge in [-0.2, -0.15) is 0 Å². The maximum absolute atomic E-state index is 12.3. The van der Waals surface area contributed by atoms with Gasteiger partial charge in [-0.05, 0) is 85.9 Å². The minimum Gasteiger partial charge on any atom is -0.469 e. The number of carbonyl (C=O) groups excluding carboxylic acids is 3. The van der Waals surface area contributed by atoms with Crippen LogP contribution in [-0.2, 0) is 28.6 Å². The molecule has 3 saturated carbocycles. The Kier molecular flexibility index (Phi) is 7.41. The van der Waals surface area contributed by atoms with Crippen molar-refractivity contribution in [2.45, 2.75) is 98.2 Å². The van der Waals surface area contributed by atoms with E-state index in [1.54, 1.807) is 0 Å². The van der Waals surface area contributed by atoms with E-state index in [4.69, 9.17) is 14.2 Å². The molecule has 0 N–H and O–H groups in total. The Labute approximate surface area is 210 Å². The van der Waals surface area contributed by atoms with Gasteiger partial charge in [-0.1, -0.05) is 32.9 Å². The van der Waals surface area contributed by atoms with Crippen molar-refractivity contribution in [1.82, 2.24) is 0 Å². The number of ether oxygens (including phenoxy) is 3. The van der Waals surface area contributed by atoms with Crippen LogP contribution in [0.1, 0.15) is 86.0 Å². The van der Waals surface area contributed by atoms with Crippen molar-refractivity contribution in [3.63, 3.8) is 0 Å². The van der Waals surface area contributed by atoms with Crippen molar-refractivity contribution < 1.29 is 28.6 Å². The van der Waals surface area contributed by atoms with Crippen LogP contribution in [-0.4, -0.2) is 37.2 Å². The van der Waals surface area contributed by atoms with E-state index < -0.39 is 0 Å². The molecule has 4 rings (SSSR count). The Morgan fingerprint density at radius 2 is 1.69 bits per heavy atom. The Morgan fingerprint density at radius 3 is 2.34 bits per heavy atom. The van der Waals surface area contributed by atoms with Crippen molar-refractivity contribution in [3.8, 4) is 0 Å². The maximum atomic E-state index is 12.3. The summed E-state index contributed by atoms with van der Waals surface area (Å²) in [6.45, 7) is 10.1. The number of hydrogen-bond donors (Lipinski definition) is 0. The molecule has 3 fully saturated rings. The molecule has 0 radical (unpaired) electrons. The lowest BCUT2D eigenvalue weighted by Crippen LogP contribution is -2.58. The van der Waals surface area contributed by atoms with Crippen LogP contribution in [0.15, 0.2) is 12.2 Å². The molecule has 0 aromatic carbocycles. The molecule has 0 unspecified atom stereocenters. The van der Waals surface area contributed by atoms with E-state index in [2.05, 4.69) is 32.9 Å². The zero-order chi connectivity index (χ0) is 25.5. The molecule has 196 valence electrons. The second kappa shape index (κ2) is 9.89. The van der Waals surface area contributed by atoms with Crippen LogP contribution in [0, 0.1) is 46.3 Å². The first-order valence-corrected chi connectivity index (χ1v) is 13.6. The summed E-state index contributed by atoms with van der Waals surface area (Å²) in [7, 11) is 1.45. The van der Waals surface area contributed by atoms with Gasteiger partial charge in [0.1, 0.15) is 12.2 Å². The lowest BCUT2D eigenvalue weighted by molar-refractivity contribution is -0.183. The smallest absolute Gasteiger partial charge is 0.305 e. The first kappa shape index (κ1) is 26.2. The van der Waals surface area contributed by atoms with Gasteiger partial charge < -0.3 is 14.2 Å². The first-order chi connectivity index (χ1) is 16.5. The van der Waals surface area contributed by atoms with E-state index in [-0.39, 0.29) is 40.9 Å². The predicted octanol–water partition coefficient (Wildman–Crippen LogP) is 5.48. The summed E-state index contributed by atoms with van der Waals surface area (Å²) in [6.07, 6.45) is 11.9. The highest BCUT2D eigenvalue weighted by atomic mass is 16.5. The molecule has 0 aliphatic heterocycles. The fourth-order valence-corrected chi connectivity index (χ4v) is 8.85. The molecule has 0 spiro atoms. The van der Waals surface area contributed by atoms with E-state index in [0.717, 1.165) is 44.9 Å². The normalized spacial score (nSPS) is 42.7. The van der Waals surface area contributed by atoms with Crippen LogP contribution in [0.2, 0.25) is 0 Å². The summed E-state index contributed by atoms with van der Waals surface area (Å²) in [6, 6.07) is 0. The molecular formula is C29H44O6. The molecule has 6 heteroatoms. The quantitative estimate of drug-likeness (QED) is 0.280. The van der Waals surface area contributed by atoms with Gasteiger partial charge in [0.15, 0.2) is 0 Å². The van der Waals surface area contributed by atoms with Gasteiger partial charge in [0.2, 0.25) is 0 Å². The van der Waals surface area contributed by atoms with E-state index in [9.17, 15) is 14.4 Å². The van der Waals surface area contributed by atoms with Crippen molar-refractivity contribution >= 4 is 17.9 Å². The summed E-state index contributed by atoms with van der Waals surface area (Å²) in [5.41, 5.74) is 0.00916. The van der Waals surface area contributed by atoms with E-state index >= 15 is 0 Å².